The van der Waals surface area contributed by atoms with E-state index >= 15 is 0 Å². The first kappa shape index (κ1) is 16.1. The van der Waals surface area contributed by atoms with Gasteiger partial charge in [-0.05, 0) is 39.0 Å². The molecule has 0 radical (unpaired) electrons. The molecule has 4 rings (SSSR count). The fourth-order valence-electron chi connectivity index (χ4n) is 2.97. The first-order valence-corrected chi connectivity index (χ1v) is 8.35. The minimum atomic E-state index is 0.455. The van der Waals surface area contributed by atoms with E-state index in [0.717, 1.165) is 33.5 Å². The highest BCUT2D eigenvalue weighted by atomic mass is 15.3. The van der Waals surface area contributed by atoms with Crippen LogP contribution in [0.2, 0.25) is 0 Å². The van der Waals surface area contributed by atoms with Crippen LogP contribution in [-0.4, -0.2) is 29.7 Å². The summed E-state index contributed by atoms with van der Waals surface area (Å²) in [4.78, 5) is 18.0. The second kappa shape index (κ2) is 6.18. The Kier molecular flexibility index (Phi) is 3.84. The van der Waals surface area contributed by atoms with Crippen molar-refractivity contribution in [2.75, 3.05) is 5.32 Å². The number of aromatic nitrogens is 6. The van der Waals surface area contributed by atoms with Crippen LogP contribution in [0.4, 0.5) is 11.9 Å². The van der Waals surface area contributed by atoms with Gasteiger partial charge in [0.15, 0.2) is 0 Å². The largest absolute Gasteiger partial charge is 0.293 e. The molecule has 4 aromatic rings. The van der Waals surface area contributed by atoms with Crippen molar-refractivity contribution < 1.29 is 0 Å². The molecule has 0 spiro atoms. The zero-order valence-corrected chi connectivity index (χ0v) is 15.1. The normalized spacial score (nSPS) is 11.1. The molecule has 26 heavy (non-hydrogen) atoms. The van der Waals surface area contributed by atoms with Gasteiger partial charge in [-0.15, -0.1) is 0 Å². The number of hydrogen-bond donors (Lipinski definition) is 1. The molecule has 0 unspecified atom stereocenters. The highest BCUT2D eigenvalue weighted by Gasteiger charge is 2.10. The molecule has 1 N–H and O–H groups in total. The van der Waals surface area contributed by atoms with Crippen LogP contribution in [-0.2, 0) is 7.05 Å². The maximum Gasteiger partial charge on any atom is 0.230 e. The number of rotatable bonds is 3. The van der Waals surface area contributed by atoms with Gasteiger partial charge in [0.2, 0.25) is 11.9 Å². The number of nitrogens with one attached hydrogen (secondary N) is 1. The molecule has 0 fully saturated rings. The monoisotopic (exact) mass is 345 g/mol. The smallest absolute Gasteiger partial charge is 0.230 e. The Labute approximate surface area is 151 Å². The van der Waals surface area contributed by atoms with Gasteiger partial charge in [0, 0.05) is 30.4 Å². The van der Waals surface area contributed by atoms with E-state index < -0.39 is 0 Å². The van der Waals surface area contributed by atoms with Crippen LogP contribution in [0.25, 0.3) is 22.2 Å². The first-order valence-electron chi connectivity index (χ1n) is 8.35. The van der Waals surface area contributed by atoms with Gasteiger partial charge in [-0.25, -0.2) is 19.9 Å². The average molecular weight is 345 g/mol. The minimum absolute atomic E-state index is 0.455. The number of fused-ring (bicyclic) bond motifs is 1. The van der Waals surface area contributed by atoms with Crippen LogP contribution < -0.4 is 5.32 Å². The van der Waals surface area contributed by atoms with E-state index in [2.05, 4.69) is 43.3 Å². The van der Waals surface area contributed by atoms with Crippen LogP contribution in [0.5, 0.6) is 0 Å². The molecule has 130 valence electrons. The molecule has 0 saturated carbocycles. The summed E-state index contributed by atoms with van der Waals surface area (Å²) in [6, 6.07) is 8.00. The number of nitrogens with zero attached hydrogens (tertiary/aromatic N) is 6. The van der Waals surface area contributed by atoms with Gasteiger partial charge >= 0.3 is 0 Å². The van der Waals surface area contributed by atoms with E-state index in [-0.39, 0.29) is 0 Å². The highest BCUT2D eigenvalue weighted by Crippen LogP contribution is 2.23. The Hall–Kier alpha value is -3.35. The zero-order chi connectivity index (χ0) is 18.3. The maximum atomic E-state index is 4.58. The Morgan fingerprint density at radius 2 is 1.77 bits per heavy atom. The first-order chi connectivity index (χ1) is 12.5. The number of anilines is 2. The van der Waals surface area contributed by atoms with Crippen LogP contribution in [0.3, 0.4) is 0 Å². The number of hydrogen-bond acceptors (Lipinski definition) is 6. The summed E-state index contributed by atoms with van der Waals surface area (Å²) in [7, 11) is 1.89. The van der Waals surface area contributed by atoms with Gasteiger partial charge in [-0.2, -0.15) is 5.10 Å². The maximum absolute atomic E-state index is 4.58. The molecule has 7 nitrogen and oxygen atoms in total. The standard InChI is InChI=1S/C19H19N7/c1-11-5-6-16-14(9-11)12(2)21-19(23-16)24-18-20-8-7-17(22-18)15-10-26(4)25-13(15)3/h5-10H,1-4H3,(H,20,21,22,23,24). The third-order valence-corrected chi connectivity index (χ3v) is 4.21. The molecule has 0 bridgehead atoms. The molecular formula is C19H19N7. The molecule has 7 heteroatoms. The van der Waals surface area contributed by atoms with Gasteiger partial charge < -0.3 is 0 Å². The Morgan fingerprint density at radius 3 is 2.54 bits per heavy atom. The summed E-state index contributed by atoms with van der Waals surface area (Å²) < 4.78 is 1.78. The van der Waals surface area contributed by atoms with Crippen molar-refractivity contribution in [3.05, 3.63) is 53.6 Å². The van der Waals surface area contributed by atoms with Crippen molar-refractivity contribution in [2.45, 2.75) is 20.8 Å². The molecule has 0 aliphatic heterocycles. The summed E-state index contributed by atoms with van der Waals surface area (Å²) in [5.74, 6) is 0.940. The van der Waals surface area contributed by atoms with Crippen molar-refractivity contribution in [3.63, 3.8) is 0 Å². The number of aryl methyl sites for hydroxylation is 4. The third kappa shape index (κ3) is 2.99. The van der Waals surface area contributed by atoms with Crippen LogP contribution in [0.1, 0.15) is 17.0 Å². The lowest BCUT2D eigenvalue weighted by molar-refractivity contribution is 0.756. The van der Waals surface area contributed by atoms with E-state index in [9.17, 15) is 0 Å². The minimum Gasteiger partial charge on any atom is -0.293 e. The van der Waals surface area contributed by atoms with Crippen LogP contribution in [0.15, 0.2) is 36.7 Å². The Balaban J connectivity index is 1.69. The SMILES string of the molecule is Cc1ccc2nc(Nc3nccc(-c4cn(C)nc4C)n3)nc(C)c2c1. The summed E-state index contributed by atoms with van der Waals surface area (Å²) >= 11 is 0. The second-order valence-corrected chi connectivity index (χ2v) is 6.35. The van der Waals surface area contributed by atoms with Crippen molar-refractivity contribution in [3.8, 4) is 11.3 Å². The predicted molar refractivity (Wildman–Crippen MR) is 101 cm³/mol. The van der Waals surface area contributed by atoms with Crippen molar-refractivity contribution >= 4 is 22.8 Å². The van der Waals surface area contributed by atoms with Crippen LogP contribution >= 0.6 is 0 Å². The van der Waals surface area contributed by atoms with Gasteiger partial charge in [-0.3, -0.25) is 10.00 Å². The average Bonchev–Trinajstić information content (AvgIpc) is 2.94. The third-order valence-electron chi connectivity index (χ3n) is 4.21. The number of benzene rings is 1. The van der Waals surface area contributed by atoms with Gasteiger partial charge in [0.1, 0.15) is 0 Å². The quantitative estimate of drug-likeness (QED) is 0.612. The van der Waals surface area contributed by atoms with Crippen LogP contribution in [0, 0.1) is 20.8 Å². The van der Waals surface area contributed by atoms with Crippen molar-refractivity contribution in [2.24, 2.45) is 7.05 Å². The molecule has 0 aliphatic carbocycles. The Morgan fingerprint density at radius 1 is 0.923 bits per heavy atom. The van der Waals surface area contributed by atoms with Crippen molar-refractivity contribution in [1.82, 2.24) is 29.7 Å². The molecule has 0 atom stereocenters. The van der Waals surface area contributed by atoms with E-state index in [1.165, 1.54) is 5.56 Å². The molecule has 0 saturated heterocycles. The predicted octanol–water partition coefficient (Wildman–Crippen LogP) is 3.49. The van der Waals surface area contributed by atoms with E-state index in [0.29, 0.717) is 11.9 Å². The lowest BCUT2D eigenvalue weighted by atomic mass is 10.1. The fraction of sp³-hybridized carbons (Fsp3) is 0.211. The van der Waals surface area contributed by atoms with E-state index in [4.69, 9.17) is 0 Å². The molecule has 3 heterocycles. The van der Waals surface area contributed by atoms with Crippen molar-refractivity contribution in [1.29, 1.82) is 0 Å². The molecule has 0 aliphatic rings. The van der Waals surface area contributed by atoms with E-state index in [1.807, 2.05) is 45.3 Å². The topological polar surface area (TPSA) is 81.4 Å². The van der Waals surface area contributed by atoms with Gasteiger partial charge in [-0.1, -0.05) is 11.6 Å². The Bertz CT molecular complexity index is 1110. The second-order valence-electron chi connectivity index (χ2n) is 6.35. The molecule has 1 aromatic carbocycles. The molecule has 3 aromatic heterocycles. The molecular weight excluding hydrogens is 326 g/mol. The molecule has 0 amide bonds. The lowest BCUT2D eigenvalue weighted by Crippen LogP contribution is -2.03. The fourth-order valence-corrected chi connectivity index (χ4v) is 2.97. The summed E-state index contributed by atoms with van der Waals surface area (Å²) in [5, 5.41) is 8.53. The summed E-state index contributed by atoms with van der Waals surface area (Å²) in [5.41, 5.74) is 5.70. The summed E-state index contributed by atoms with van der Waals surface area (Å²) in [6.45, 7) is 6.00. The highest BCUT2D eigenvalue weighted by molar-refractivity contribution is 5.82. The zero-order valence-electron chi connectivity index (χ0n) is 15.1. The van der Waals surface area contributed by atoms with E-state index in [1.54, 1.807) is 10.9 Å². The lowest BCUT2D eigenvalue weighted by Gasteiger charge is -2.08. The van der Waals surface area contributed by atoms with Gasteiger partial charge in [0.05, 0.1) is 22.6 Å². The van der Waals surface area contributed by atoms with Gasteiger partial charge in [0.25, 0.3) is 0 Å². The summed E-state index contributed by atoms with van der Waals surface area (Å²) in [6.07, 6.45) is 3.66.